The lowest BCUT2D eigenvalue weighted by molar-refractivity contribution is -0.0187. The van der Waals surface area contributed by atoms with E-state index < -0.39 is 30.9 Å². The quantitative estimate of drug-likeness (QED) is 0.0204. The summed E-state index contributed by atoms with van der Waals surface area (Å²) >= 11 is 0. The van der Waals surface area contributed by atoms with Gasteiger partial charge in [0.1, 0.15) is 51.3 Å². The van der Waals surface area contributed by atoms with Crippen molar-refractivity contribution < 1.29 is 51.7 Å². The van der Waals surface area contributed by atoms with Crippen LogP contribution in [0.5, 0.6) is 34.5 Å². The van der Waals surface area contributed by atoms with Gasteiger partial charge in [0.15, 0.2) is 0 Å². The molecule has 0 aliphatic rings. The van der Waals surface area contributed by atoms with Gasteiger partial charge in [-0.2, -0.15) is 5.26 Å². The van der Waals surface area contributed by atoms with Crippen LogP contribution < -0.4 is 28.4 Å². The van der Waals surface area contributed by atoms with Crippen LogP contribution in [-0.2, 0) is 40.1 Å². The minimum atomic E-state index is -1.46. The van der Waals surface area contributed by atoms with Gasteiger partial charge in [0.2, 0.25) is 0 Å². The minimum Gasteiger partial charge on any atom is -0.497 e. The van der Waals surface area contributed by atoms with Crippen LogP contribution >= 0.6 is 8.53 Å². The Morgan fingerprint density at radius 1 is 0.337 bits per heavy atom. The van der Waals surface area contributed by atoms with Crippen molar-refractivity contribution in [3.05, 3.63) is 287 Å². The number of ether oxygens (including phenoxy) is 9. The topological polar surface area (TPSA) is 132 Å². The van der Waals surface area contributed by atoms with Crippen molar-refractivity contribution >= 4 is 8.53 Å². The van der Waals surface area contributed by atoms with E-state index in [1.54, 1.807) is 42.7 Å². The summed E-state index contributed by atoms with van der Waals surface area (Å²) in [6, 6.07) is 83.4. The molecule has 0 radical (unpaired) electrons. The van der Waals surface area contributed by atoms with Gasteiger partial charge in [-0.15, -0.1) is 0 Å². The fraction of sp³-hybridized carbons (Fsp3) is 0.360. The van der Waals surface area contributed by atoms with Crippen LogP contribution in [0.15, 0.2) is 237 Å². The van der Waals surface area contributed by atoms with E-state index in [-0.39, 0.29) is 18.5 Å². The van der Waals surface area contributed by atoms with Gasteiger partial charge in [0.05, 0.1) is 68.4 Å². The lowest BCUT2D eigenvalue weighted by atomic mass is 9.79. The first kappa shape index (κ1) is 76.6. The van der Waals surface area contributed by atoms with Crippen molar-refractivity contribution in [3.63, 3.8) is 0 Å². The van der Waals surface area contributed by atoms with E-state index in [0.29, 0.717) is 65.3 Å². The lowest BCUT2D eigenvalue weighted by Crippen LogP contribution is -2.48. The van der Waals surface area contributed by atoms with Gasteiger partial charge in [0.25, 0.3) is 8.53 Å². The Bertz CT molecular complexity index is 3370. The molecular formula is C86H102N3O11P. The Hall–Kier alpha value is -8.58. The Morgan fingerprint density at radius 2 is 0.584 bits per heavy atom. The molecule has 0 aliphatic carbocycles. The molecule has 0 amide bonds. The number of benzene rings is 9. The van der Waals surface area contributed by atoms with E-state index >= 15 is 0 Å². The molecular weight excluding hydrogens is 1280 g/mol. The number of methoxy groups -OCH3 is 6. The van der Waals surface area contributed by atoms with Crippen molar-refractivity contribution in [3.8, 4) is 40.6 Å². The van der Waals surface area contributed by atoms with Crippen molar-refractivity contribution in [1.29, 1.82) is 5.26 Å². The van der Waals surface area contributed by atoms with Gasteiger partial charge in [-0.3, -0.25) is 0 Å². The molecule has 15 heteroatoms. The molecule has 0 saturated carbocycles. The van der Waals surface area contributed by atoms with E-state index in [0.717, 1.165) is 104 Å². The number of hydrogen-bond acceptors (Lipinski definition) is 14. The predicted molar refractivity (Wildman–Crippen MR) is 404 cm³/mol. The Morgan fingerprint density at radius 3 is 0.822 bits per heavy atom. The van der Waals surface area contributed by atoms with Crippen LogP contribution in [0, 0.1) is 11.3 Å². The number of hydrogen-bond donors (Lipinski definition) is 0. The van der Waals surface area contributed by atoms with Crippen molar-refractivity contribution in [2.45, 2.75) is 113 Å². The third-order valence-electron chi connectivity index (χ3n) is 19.1. The molecule has 0 heterocycles. The van der Waals surface area contributed by atoms with Crippen LogP contribution in [0.4, 0.5) is 0 Å². The number of nitriles is 1. The predicted octanol–water partition coefficient (Wildman–Crippen LogP) is 18.8. The third-order valence-corrected chi connectivity index (χ3v) is 21.3. The SMILES string of the molecule is COc1ccc(C(OCCCC(CCCOC(c2ccccc2)(c2ccc(OC)cc2)c2ccc(OC)cc2)(CCCOC(c2ccccc2)(c2ccc(OC)cc2)c2ccc(OC)cc2)N(C)CCCOP(OCCC#N)N(C(C)C)C(C)C)(c2ccccc2)c2ccc(OC)cc2)cc1. The van der Waals surface area contributed by atoms with Gasteiger partial charge in [0, 0.05) is 44.0 Å². The first-order valence-electron chi connectivity index (χ1n) is 35.2. The van der Waals surface area contributed by atoms with Crippen molar-refractivity contribution in [2.24, 2.45) is 0 Å². The molecule has 9 aromatic rings. The first-order chi connectivity index (χ1) is 49.3. The highest BCUT2D eigenvalue weighted by Gasteiger charge is 2.43. The second kappa shape index (κ2) is 37.9. The maximum atomic E-state index is 9.58. The molecule has 9 aromatic carbocycles. The van der Waals surface area contributed by atoms with Crippen molar-refractivity contribution in [2.75, 3.05) is 89.3 Å². The van der Waals surface area contributed by atoms with Gasteiger partial charge in [-0.25, -0.2) is 4.67 Å². The average molecular weight is 1380 g/mol. The fourth-order valence-corrected chi connectivity index (χ4v) is 15.7. The van der Waals surface area contributed by atoms with Gasteiger partial charge in [-0.05, 0) is 203 Å². The third kappa shape index (κ3) is 18.6. The van der Waals surface area contributed by atoms with Crippen LogP contribution in [0.25, 0.3) is 0 Å². The van der Waals surface area contributed by atoms with Crippen molar-refractivity contribution in [1.82, 2.24) is 9.57 Å². The normalized spacial score (nSPS) is 12.4. The van der Waals surface area contributed by atoms with E-state index in [2.05, 4.69) is 196 Å². The van der Waals surface area contributed by atoms with Gasteiger partial charge < -0.3 is 56.6 Å². The fourth-order valence-electron chi connectivity index (χ4n) is 14.0. The Kier molecular flexibility index (Phi) is 28.7. The molecule has 1 atom stereocenters. The minimum absolute atomic E-state index is 0.158. The molecule has 0 bridgehead atoms. The maximum Gasteiger partial charge on any atom is 0.259 e. The van der Waals surface area contributed by atoms with Crippen LogP contribution in [0.2, 0.25) is 0 Å². The van der Waals surface area contributed by atoms with Gasteiger partial charge >= 0.3 is 0 Å². The highest BCUT2D eigenvalue weighted by Crippen LogP contribution is 2.49. The molecule has 0 N–H and O–H groups in total. The van der Waals surface area contributed by atoms with E-state index in [1.165, 1.54) is 0 Å². The molecule has 1 unspecified atom stereocenters. The number of nitrogens with zero attached hydrogens (tertiary/aromatic N) is 3. The zero-order valence-electron chi connectivity index (χ0n) is 60.9. The highest BCUT2D eigenvalue weighted by atomic mass is 31.2. The molecule has 532 valence electrons. The molecule has 0 aliphatic heterocycles. The smallest absolute Gasteiger partial charge is 0.259 e. The maximum absolute atomic E-state index is 9.58. The lowest BCUT2D eigenvalue weighted by Gasteiger charge is -2.44. The summed E-state index contributed by atoms with van der Waals surface area (Å²) in [5, 5.41) is 9.58. The van der Waals surface area contributed by atoms with E-state index in [1.807, 2.05) is 91.0 Å². The molecule has 0 fully saturated rings. The largest absolute Gasteiger partial charge is 0.497 e. The van der Waals surface area contributed by atoms with Gasteiger partial charge in [-0.1, -0.05) is 164 Å². The first-order valence-corrected chi connectivity index (χ1v) is 36.3. The average Bonchev–Trinajstić information content (AvgIpc) is 0.768. The molecule has 14 nitrogen and oxygen atoms in total. The molecule has 9 rings (SSSR count). The summed E-state index contributed by atoms with van der Waals surface area (Å²) in [4.78, 5) is 2.57. The number of rotatable bonds is 42. The second-order valence-corrected chi connectivity index (χ2v) is 27.2. The summed E-state index contributed by atoms with van der Waals surface area (Å²) < 4.78 is 73.1. The van der Waals surface area contributed by atoms with Crippen LogP contribution in [0.3, 0.4) is 0 Å². The van der Waals surface area contributed by atoms with Crippen LogP contribution in [-0.4, -0.2) is 116 Å². The highest BCUT2D eigenvalue weighted by molar-refractivity contribution is 7.44. The molecule has 0 spiro atoms. The Labute approximate surface area is 601 Å². The summed E-state index contributed by atoms with van der Waals surface area (Å²) in [5.41, 5.74) is 5.15. The standard InChI is InChI=1S/C86H102N3O11P/c1-66(2)89(67(3)4)101(99-64-24-59-87)100-65-25-60-88(5)83(56-21-61-96-84(68-26-15-12-16-27-68,71-32-44-77(90-6)45-33-71)72-34-46-78(91-7)47-35-72,57-22-62-97-85(69-28-17-13-18-29-69,73-36-48-79(92-8)49-37-73)74-38-50-80(93-9)51-39-74)58-23-63-98-86(70-30-19-14-20-31-70,75-40-52-81(94-10)53-41-75)76-42-54-82(95-11)55-43-76/h12-20,26-55,66-67H,21-25,56-58,60-65H2,1-11H3. The summed E-state index contributed by atoms with van der Waals surface area (Å²) in [5.74, 6) is 4.50. The summed E-state index contributed by atoms with van der Waals surface area (Å²) in [6.45, 7) is 11.3. The zero-order chi connectivity index (χ0) is 71.5. The van der Waals surface area contributed by atoms with E-state index in [4.69, 9.17) is 51.7 Å². The molecule has 0 aromatic heterocycles. The zero-order valence-corrected chi connectivity index (χ0v) is 61.7. The monoisotopic (exact) mass is 1380 g/mol. The van der Waals surface area contributed by atoms with E-state index in [9.17, 15) is 5.26 Å². The van der Waals surface area contributed by atoms with Crippen LogP contribution in [0.1, 0.15) is 129 Å². The molecule has 101 heavy (non-hydrogen) atoms. The Balaban J connectivity index is 1.15. The second-order valence-electron chi connectivity index (χ2n) is 25.7. The molecule has 0 saturated heterocycles. The summed E-state index contributed by atoms with van der Waals surface area (Å²) in [7, 11) is 11.0. The summed E-state index contributed by atoms with van der Waals surface area (Å²) in [6.07, 6.45) is 5.22.